The fourth-order valence-electron chi connectivity index (χ4n) is 1.50. The summed E-state index contributed by atoms with van der Waals surface area (Å²) in [6.07, 6.45) is 0.500. The molecule has 0 spiro atoms. The van der Waals surface area contributed by atoms with Gasteiger partial charge in [0.2, 0.25) is 5.91 Å². The number of rotatable bonds is 3. The summed E-state index contributed by atoms with van der Waals surface area (Å²) in [5, 5.41) is 11.4. The van der Waals surface area contributed by atoms with E-state index in [4.69, 9.17) is 10.00 Å². The molecular weight excluding hydrogens is 204 g/mol. The van der Waals surface area contributed by atoms with Gasteiger partial charge in [-0.3, -0.25) is 4.79 Å². The van der Waals surface area contributed by atoms with E-state index in [9.17, 15) is 4.79 Å². The summed E-state index contributed by atoms with van der Waals surface area (Å²) < 4.78 is 5.00. The summed E-state index contributed by atoms with van der Waals surface area (Å²) in [5.41, 5.74) is 1.31. The van der Waals surface area contributed by atoms with Gasteiger partial charge in [-0.05, 0) is 24.3 Å². The van der Waals surface area contributed by atoms with Gasteiger partial charge in [-0.25, -0.2) is 0 Å². The standard InChI is InChI=1S/C12H12N2O2/c13-6-9-1-3-11(4-2-9)14-12(15)5-10-7-16-8-10/h1-4,10H,5,7-8H2,(H,14,15). The molecule has 2 rings (SSSR count). The molecule has 1 N–H and O–H groups in total. The van der Waals surface area contributed by atoms with Crippen LogP contribution in [0, 0.1) is 17.2 Å². The van der Waals surface area contributed by atoms with Crippen molar-refractivity contribution < 1.29 is 9.53 Å². The van der Waals surface area contributed by atoms with Gasteiger partial charge in [0.05, 0.1) is 24.8 Å². The first-order chi connectivity index (χ1) is 7.78. The summed E-state index contributed by atoms with van der Waals surface area (Å²) in [4.78, 5) is 11.5. The molecule has 4 heteroatoms. The molecule has 0 unspecified atom stereocenters. The van der Waals surface area contributed by atoms with E-state index in [-0.39, 0.29) is 5.91 Å². The highest BCUT2D eigenvalue weighted by molar-refractivity contribution is 5.90. The first kappa shape index (κ1) is 10.7. The Morgan fingerprint density at radius 2 is 2.12 bits per heavy atom. The van der Waals surface area contributed by atoms with Gasteiger partial charge in [0, 0.05) is 18.0 Å². The highest BCUT2D eigenvalue weighted by atomic mass is 16.5. The second-order valence-corrected chi connectivity index (χ2v) is 3.84. The van der Waals surface area contributed by atoms with Crippen LogP contribution >= 0.6 is 0 Å². The maximum atomic E-state index is 11.5. The van der Waals surface area contributed by atoms with Crippen LogP contribution < -0.4 is 5.32 Å². The third-order valence-electron chi connectivity index (χ3n) is 2.48. The van der Waals surface area contributed by atoms with Gasteiger partial charge >= 0.3 is 0 Å². The zero-order chi connectivity index (χ0) is 11.4. The second kappa shape index (κ2) is 4.77. The minimum Gasteiger partial charge on any atom is -0.381 e. The van der Waals surface area contributed by atoms with E-state index >= 15 is 0 Å². The fraction of sp³-hybridized carbons (Fsp3) is 0.333. The predicted molar refractivity (Wildman–Crippen MR) is 58.7 cm³/mol. The third-order valence-corrected chi connectivity index (χ3v) is 2.48. The van der Waals surface area contributed by atoms with E-state index in [2.05, 4.69) is 5.32 Å². The Hall–Kier alpha value is -1.86. The lowest BCUT2D eigenvalue weighted by atomic mass is 10.0. The molecule has 1 saturated heterocycles. The number of hydrogen-bond donors (Lipinski definition) is 1. The van der Waals surface area contributed by atoms with Crippen LogP contribution in [0.25, 0.3) is 0 Å². The Morgan fingerprint density at radius 1 is 1.44 bits per heavy atom. The molecule has 0 atom stereocenters. The van der Waals surface area contributed by atoms with Crippen molar-refractivity contribution in [2.45, 2.75) is 6.42 Å². The molecule has 82 valence electrons. The number of carbonyl (C=O) groups excluding carboxylic acids is 1. The van der Waals surface area contributed by atoms with Crippen molar-refractivity contribution in [3.8, 4) is 6.07 Å². The lowest BCUT2D eigenvalue weighted by Gasteiger charge is -2.25. The zero-order valence-corrected chi connectivity index (χ0v) is 8.77. The number of carbonyl (C=O) groups is 1. The van der Waals surface area contributed by atoms with E-state index < -0.39 is 0 Å². The average molecular weight is 216 g/mol. The Balaban J connectivity index is 1.87. The molecule has 1 aromatic carbocycles. The largest absolute Gasteiger partial charge is 0.381 e. The minimum absolute atomic E-state index is 0.00184. The number of nitriles is 1. The van der Waals surface area contributed by atoms with Crippen LogP contribution in [0.5, 0.6) is 0 Å². The van der Waals surface area contributed by atoms with Crippen molar-refractivity contribution in [1.29, 1.82) is 5.26 Å². The van der Waals surface area contributed by atoms with Gasteiger partial charge in [-0.2, -0.15) is 5.26 Å². The topological polar surface area (TPSA) is 62.1 Å². The van der Waals surface area contributed by atoms with Gasteiger partial charge < -0.3 is 10.1 Å². The smallest absolute Gasteiger partial charge is 0.224 e. The van der Waals surface area contributed by atoms with Crippen molar-refractivity contribution in [2.75, 3.05) is 18.5 Å². The Morgan fingerprint density at radius 3 is 2.62 bits per heavy atom. The molecule has 1 aliphatic rings. The summed E-state index contributed by atoms with van der Waals surface area (Å²) in [6.45, 7) is 1.36. The predicted octanol–water partition coefficient (Wildman–Crippen LogP) is 1.53. The molecule has 1 amide bonds. The molecule has 0 aromatic heterocycles. The van der Waals surface area contributed by atoms with Gasteiger partial charge in [0.15, 0.2) is 0 Å². The molecule has 0 radical (unpaired) electrons. The number of ether oxygens (including phenoxy) is 1. The van der Waals surface area contributed by atoms with E-state index in [0.717, 1.165) is 5.69 Å². The van der Waals surface area contributed by atoms with Crippen LogP contribution in [0.1, 0.15) is 12.0 Å². The van der Waals surface area contributed by atoms with Crippen molar-refractivity contribution in [3.05, 3.63) is 29.8 Å². The lowest BCUT2D eigenvalue weighted by molar-refractivity contribution is -0.121. The van der Waals surface area contributed by atoms with E-state index in [1.807, 2.05) is 6.07 Å². The highest BCUT2D eigenvalue weighted by Gasteiger charge is 2.21. The van der Waals surface area contributed by atoms with Gasteiger partial charge in [0.25, 0.3) is 0 Å². The molecular formula is C12H12N2O2. The second-order valence-electron chi connectivity index (χ2n) is 3.84. The van der Waals surface area contributed by atoms with Gasteiger partial charge in [0.1, 0.15) is 0 Å². The summed E-state index contributed by atoms with van der Waals surface area (Å²) in [7, 11) is 0. The molecule has 4 nitrogen and oxygen atoms in total. The van der Waals surface area contributed by atoms with Crippen LogP contribution in [0.3, 0.4) is 0 Å². The van der Waals surface area contributed by atoms with Crippen LogP contribution in [0.2, 0.25) is 0 Å². The van der Waals surface area contributed by atoms with E-state index in [1.54, 1.807) is 24.3 Å². The van der Waals surface area contributed by atoms with Crippen LogP contribution in [-0.4, -0.2) is 19.1 Å². The highest BCUT2D eigenvalue weighted by Crippen LogP contribution is 2.16. The fourth-order valence-corrected chi connectivity index (χ4v) is 1.50. The van der Waals surface area contributed by atoms with Crippen LogP contribution in [0.4, 0.5) is 5.69 Å². The summed E-state index contributed by atoms with van der Waals surface area (Å²) in [6, 6.07) is 8.85. The van der Waals surface area contributed by atoms with Crippen LogP contribution in [0.15, 0.2) is 24.3 Å². The molecule has 1 heterocycles. The number of nitrogens with zero attached hydrogens (tertiary/aromatic N) is 1. The van der Waals surface area contributed by atoms with Gasteiger partial charge in [-0.1, -0.05) is 0 Å². The SMILES string of the molecule is N#Cc1ccc(NC(=O)CC2COC2)cc1. The normalized spacial score (nSPS) is 14.9. The minimum atomic E-state index is -0.00184. The molecule has 0 bridgehead atoms. The molecule has 1 aromatic rings. The third kappa shape index (κ3) is 2.59. The lowest BCUT2D eigenvalue weighted by Crippen LogP contribution is -2.31. The number of anilines is 1. The average Bonchev–Trinajstić information content (AvgIpc) is 2.25. The van der Waals surface area contributed by atoms with E-state index in [0.29, 0.717) is 31.1 Å². The Labute approximate surface area is 93.8 Å². The van der Waals surface area contributed by atoms with E-state index in [1.165, 1.54) is 0 Å². The Bertz CT molecular complexity index is 416. The Kier molecular flexibility index (Phi) is 3.18. The molecule has 0 saturated carbocycles. The maximum absolute atomic E-state index is 11.5. The van der Waals surface area contributed by atoms with Gasteiger partial charge in [-0.15, -0.1) is 0 Å². The van der Waals surface area contributed by atoms with Crippen molar-refractivity contribution >= 4 is 11.6 Å². The number of benzene rings is 1. The summed E-state index contributed by atoms with van der Waals surface area (Å²) in [5.74, 6) is 0.358. The quantitative estimate of drug-likeness (QED) is 0.833. The summed E-state index contributed by atoms with van der Waals surface area (Å²) >= 11 is 0. The molecule has 1 fully saturated rings. The molecule has 0 aliphatic carbocycles. The maximum Gasteiger partial charge on any atom is 0.224 e. The number of amides is 1. The van der Waals surface area contributed by atoms with Crippen molar-refractivity contribution in [3.63, 3.8) is 0 Å². The monoisotopic (exact) mass is 216 g/mol. The molecule has 1 aliphatic heterocycles. The first-order valence-electron chi connectivity index (χ1n) is 5.15. The molecule has 16 heavy (non-hydrogen) atoms. The zero-order valence-electron chi connectivity index (χ0n) is 8.77. The first-order valence-corrected chi connectivity index (χ1v) is 5.15. The number of nitrogens with one attached hydrogen (secondary N) is 1. The number of hydrogen-bond acceptors (Lipinski definition) is 3. The van der Waals surface area contributed by atoms with Crippen molar-refractivity contribution in [1.82, 2.24) is 0 Å². The van der Waals surface area contributed by atoms with Crippen molar-refractivity contribution in [2.24, 2.45) is 5.92 Å². The van der Waals surface area contributed by atoms with Crippen LogP contribution in [-0.2, 0) is 9.53 Å².